The van der Waals surface area contributed by atoms with Gasteiger partial charge in [-0.15, -0.1) is 0 Å². The number of non-ortho nitro benzene ring substituents is 1. The van der Waals surface area contributed by atoms with Crippen LogP contribution >= 0.6 is 0 Å². The van der Waals surface area contributed by atoms with Gasteiger partial charge in [-0.3, -0.25) is 10.1 Å². The minimum atomic E-state index is -4.29. The summed E-state index contributed by atoms with van der Waals surface area (Å²) in [6, 6.07) is 28.5. The second-order valence-electron chi connectivity index (χ2n) is 7.86. The van der Waals surface area contributed by atoms with Crippen LogP contribution in [-0.4, -0.2) is 23.7 Å². The summed E-state index contributed by atoms with van der Waals surface area (Å²) in [4.78, 5) is 23.4. The van der Waals surface area contributed by atoms with Crippen LogP contribution in [0.4, 0.5) is 10.5 Å². The van der Waals surface area contributed by atoms with Crippen molar-refractivity contribution in [1.82, 2.24) is 4.31 Å². The molecule has 0 aliphatic heterocycles. The number of carbonyl (C=O) groups is 1. The van der Waals surface area contributed by atoms with E-state index in [-0.39, 0.29) is 22.9 Å². The number of nitro benzene ring substituents is 1. The summed E-state index contributed by atoms with van der Waals surface area (Å²) in [5.74, 6) is 0.664. The number of hydrogen-bond acceptors (Lipinski definition) is 7. The Bertz CT molecular complexity index is 1460. The zero-order valence-corrected chi connectivity index (χ0v) is 20.3. The molecule has 0 unspecified atom stereocenters. The fourth-order valence-corrected chi connectivity index (χ4v) is 4.66. The second-order valence-corrected chi connectivity index (χ2v) is 9.72. The lowest BCUT2D eigenvalue weighted by Gasteiger charge is -2.22. The summed E-state index contributed by atoms with van der Waals surface area (Å²) in [5, 5.41) is 10.9. The zero-order valence-electron chi connectivity index (χ0n) is 19.5. The molecule has 0 aliphatic rings. The molecule has 0 saturated carbocycles. The molecule has 4 aromatic carbocycles. The molecule has 0 aromatic heterocycles. The summed E-state index contributed by atoms with van der Waals surface area (Å²) < 4.78 is 38.3. The number of amides is 1. The molecule has 4 aromatic rings. The van der Waals surface area contributed by atoms with E-state index in [1.54, 1.807) is 18.2 Å². The van der Waals surface area contributed by atoms with Crippen LogP contribution in [0.2, 0.25) is 0 Å². The Morgan fingerprint density at radius 1 is 0.757 bits per heavy atom. The molecular formula is C27H22N2O7S. The zero-order chi connectivity index (χ0) is 26.3. The van der Waals surface area contributed by atoms with Crippen molar-refractivity contribution in [3.8, 4) is 11.5 Å². The quantitative estimate of drug-likeness (QED) is 0.210. The molecule has 0 spiro atoms. The Morgan fingerprint density at radius 3 is 1.92 bits per heavy atom. The van der Waals surface area contributed by atoms with Gasteiger partial charge in [0.2, 0.25) is 0 Å². The third-order valence-electron chi connectivity index (χ3n) is 5.29. The summed E-state index contributed by atoms with van der Waals surface area (Å²) >= 11 is 0. The van der Waals surface area contributed by atoms with Crippen molar-refractivity contribution in [3.05, 3.63) is 130 Å². The van der Waals surface area contributed by atoms with Crippen molar-refractivity contribution >= 4 is 21.8 Å². The summed E-state index contributed by atoms with van der Waals surface area (Å²) in [6.45, 7) is -0.0232. The van der Waals surface area contributed by atoms with Gasteiger partial charge in [0.1, 0.15) is 18.1 Å². The number of rotatable bonds is 9. The van der Waals surface area contributed by atoms with E-state index in [9.17, 15) is 23.3 Å². The number of sulfonamides is 1. The number of nitrogens with zero attached hydrogens (tertiary/aromatic N) is 2. The van der Waals surface area contributed by atoms with Gasteiger partial charge in [-0.25, -0.2) is 13.2 Å². The lowest BCUT2D eigenvalue weighted by molar-refractivity contribution is -0.384. The van der Waals surface area contributed by atoms with Gasteiger partial charge in [0, 0.05) is 12.1 Å². The molecule has 0 atom stereocenters. The molecule has 0 saturated heterocycles. The van der Waals surface area contributed by atoms with Crippen LogP contribution in [0.15, 0.2) is 114 Å². The van der Waals surface area contributed by atoms with E-state index in [1.165, 1.54) is 60.7 Å². The smallest absolute Gasteiger partial charge is 0.429 e. The Morgan fingerprint density at radius 2 is 1.32 bits per heavy atom. The van der Waals surface area contributed by atoms with E-state index < -0.39 is 21.0 Å². The molecule has 9 nitrogen and oxygen atoms in total. The molecule has 10 heteroatoms. The van der Waals surface area contributed by atoms with Crippen LogP contribution in [0.3, 0.4) is 0 Å². The number of carbonyl (C=O) groups excluding carboxylic acids is 1. The maximum absolute atomic E-state index is 13.3. The molecule has 0 heterocycles. The largest absolute Gasteiger partial charge is 0.489 e. The van der Waals surface area contributed by atoms with Crippen molar-refractivity contribution in [1.29, 1.82) is 0 Å². The lowest BCUT2D eigenvalue weighted by Crippen LogP contribution is -2.38. The average molecular weight is 519 g/mol. The normalized spacial score (nSPS) is 10.9. The van der Waals surface area contributed by atoms with Gasteiger partial charge < -0.3 is 9.47 Å². The van der Waals surface area contributed by atoms with E-state index in [4.69, 9.17) is 9.47 Å². The summed E-state index contributed by atoms with van der Waals surface area (Å²) in [6.07, 6.45) is -1.12. The highest BCUT2D eigenvalue weighted by molar-refractivity contribution is 7.89. The number of benzene rings is 4. The minimum absolute atomic E-state index is 0.0986. The Hall–Kier alpha value is -4.70. The molecule has 0 fully saturated rings. The van der Waals surface area contributed by atoms with Gasteiger partial charge in [-0.1, -0.05) is 60.7 Å². The number of ether oxygens (including phenoxy) is 2. The average Bonchev–Trinajstić information content (AvgIpc) is 2.92. The van der Waals surface area contributed by atoms with Crippen LogP contribution in [-0.2, 0) is 23.2 Å². The van der Waals surface area contributed by atoms with E-state index in [0.717, 1.165) is 5.56 Å². The topological polar surface area (TPSA) is 116 Å². The lowest BCUT2D eigenvalue weighted by atomic mass is 10.2. The number of hydrogen-bond donors (Lipinski definition) is 0. The van der Waals surface area contributed by atoms with Gasteiger partial charge in [0.25, 0.3) is 15.7 Å². The third-order valence-corrected chi connectivity index (χ3v) is 7.01. The van der Waals surface area contributed by atoms with Crippen LogP contribution in [0.1, 0.15) is 11.1 Å². The first-order valence-corrected chi connectivity index (χ1v) is 12.6. The summed E-state index contributed by atoms with van der Waals surface area (Å²) in [7, 11) is -4.29. The molecule has 1 amide bonds. The van der Waals surface area contributed by atoms with Crippen LogP contribution in [0.5, 0.6) is 11.5 Å². The maximum Gasteiger partial charge on any atom is 0.429 e. The van der Waals surface area contributed by atoms with E-state index >= 15 is 0 Å². The van der Waals surface area contributed by atoms with Crippen molar-refractivity contribution < 1.29 is 27.6 Å². The predicted molar refractivity (Wildman–Crippen MR) is 136 cm³/mol. The first kappa shape index (κ1) is 25.4. The van der Waals surface area contributed by atoms with E-state index in [1.807, 2.05) is 30.3 Å². The van der Waals surface area contributed by atoms with E-state index in [0.29, 0.717) is 22.2 Å². The molecule has 188 valence electrons. The fourth-order valence-electron chi connectivity index (χ4n) is 3.35. The molecule has 37 heavy (non-hydrogen) atoms. The monoisotopic (exact) mass is 518 g/mol. The number of nitro groups is 1. The van der Waals surface area contributed by atoms with Gasteiger partial charge in [0.15, 0.2) is 0 Å². The molecule has 0 aliphatic carbocycles. The third kappa shape index (κ3) is 6.50. The van der Waals surface area contributed by atoms with Gasteiger partial charge in [-0.05, 0) is 47.5 Å². The molecule has 0 N–H and O–H groups in total. The second kappa shape index (κ2) is 11.4. The highest BCUT2D eigenvalue weighted by Crippen LogP contribution is 2.24. The maximum atomic E-state index is 13.3. The molecule has 0 bridgehead atoms. The van der Waals surface area contributed by atoms with Gasteiger partial charge in [0.05, 0.1) is 16.4 Å². The first-order valence-electron chi connectivity index (χ1n) is 11.1. The fraction of sp³-hybridized carbons (Fsp3) is 0.0741. The van der Waals surface area contributed by atoms with Crippen molar-refractivity contribution in [3.63, 3.8) is 0 Å². The predicted octanol–water partition coefficient (Wildman–Crippen LogP) is 5.56. The van der Waals surface area contributed by atoms with Gasteiger partial charge in [-0.2, -0.15) is 4.31 Å². The SMILES string of the molecule is O=C(Oc1ccc(OCc2ccccc2)cc1)N(Cc1ccc([N+](=O)[O-])cc1)S(=O)(=O)c1ccccc1. The molecule has 4 rings (SSSR count). The Balaban J connectivity index is 1.52. The van der Waals surface area contributed by atoms with Crippen LogP contribution < -0.4 is 9.47 Å². The summed E-state index contributed by atoms with van der Waals surface area (Å²) in [5.41, 5.74) is 1.20. The highest BCUT2D eigenvalue weighted by Gasteiger charge is 2.31. The first-order chi connectivity index (χ1) is 17.8. The standard InChI is InChI=1S/C27H22N2O7S/c30-27(36-25-17-15-24(16-18-25)35-20-22-7-3-1-4-8-22)28(37(33,34)26-9-5-2-6-10-26)19-21-11-13-23(14-12-21)29(31)32/h1-18H,19-20H2. The van der Waals surface area contributed by atoms with Crippen molar-refractivity contribution in [2.45, 2.75) is 18.0 Å². The highest BCUT2D eigenvalue weighted by atomic mass is 32.2. The van der Waals surface area contributed by atoms with E-state index in [2.05, 4.69) is 0 Å². The molecular weight excluding hydrogens is 496 g/mol. The van der Waals surface area contributed by atoms with Crippen molar-refractivity contribution in [2.24, 2.45) is 0 Å². The Labute approximate surface area is 213 Å². The van der Waals surface area contributed by atoms with Crippen LogP contribution in [0, 0.1) is 10.1 Å². The Kier molecular flexibility index (Phi) is 7.80. The minimum Gasteiger partial charge on any atom is -0.489 e. The molecule has 0 radical (unpaired) electrons. The van der Waals surface area contributed by atoms with Crippen LogP contribution in [0.25, 0.3) is 0 Å². The van der Waals surface area contributed by atoms with Crippen molar-refractivity contribution in [2.75, 3.05) is 0 Å². The van der Waals surface area contributed by atoms with Gasteiger partial charge >= 0.3 is 6.09 Å².